The number of hydrogen-bond donors (Lipinski definition) is 2. The van der Waals surface area contributed by atoms with Gasteiger partial charge in [-0.15, -0.1) is 0 Å². The number of nitrogens with one attached hydrogen (secondary N) is 2. The zero-order chi connectivity index (χ0) is 24.2. The predicted molar refractivity (Wildman–Crippen MR) is 136 cm³/mol. The summed E-state index contributed by atoms with van der Waals surface area (Å²) in [6.45, 7) is 2.89. The first kappa shape index (κ1) is 25.0. The van der Waals surface area contributed by atoms with Crippen LogP contribution in [0, 0.1) is 0 Å². The summed E-state index contributed by atoms with van der Waals surface area (Å²) < 4.78 is 12.3. The average Bonchev–Trinajstić information content (AvgIpc) is 2.84. The summed E-state index contributed by atoms with van der Waals surface area (Å²) in [5, 5.41) is 6.76. The van der Waals surface area contributed by atoms with Crippen LogP contribution in [0.5, 0.6) is 11.5 Å². The van der Waals surface area contributed by atoms with Crippen LogP contribution >= 0.6 is 15.9 Å². The fourth-order valence-electron chi connectivity index (χ4n) is 2.94. The number of amides is 2. The lowest BCUT2D eigenvalue weighted by atomic mass is 10.2. The third-order valence-corrected chi connectivity index (χ3v) is 5.18. The molecule has 0 aliphatic heterocycles. The molecule has 0 aliphatic rings. The predicted octanol–water partition coefficient (Wildman–Crippen LogP) is 5.30. The number of ether oxygens (including phenoxy) is 2. The monoisotopic (exact) mass is 523 g/mol. The Hall–Kier alpha value is -3.65. The van der Waals surface area contributed by atoms with Gasteiger partial charge in [0.2, 0.25) is 11.8 Å². The number of carbonyl (C=O) groups is 2. The molecule has 0 saturated heterocycles. The Morgan fingerprint density at radius 2 is 1.62 bits per heavy atom. The second kappa shape index (κ2) is 13.2. The molecule has 2 N–H and O–H groups in total. The van der Waals surface area contributed by atoms with E-state index in [-0.39, 0.29) is 24.7 Å². The lowest BCUT2D eigenvalue weighted by Gasteiger charge is -2.09. The van der Waals surface area contributed by atoms with Gasteiger partial charge in [0.15, 0.2) is 0 Å². The fourth-order valence-corrected chi connectivity index (χ4v) is 3.21. The quantitative estimate of drug-likeness (QED) is 0.263. The minimum Gasteiger partial charge on any atom is -0.494 e. The van der Waals surface area contributed by atoms with Gasteiger partial charge in [-0.25, -0.2) is 5.43 Å². The van der Waals surface area contributed by atoms with Crippen molar-refractivity contribution in [3.8, 4) is 11.5 Å². The summed E-state index contributed by atoms with van der Waals surface area (Å²) in [6.07, 6.45) is 1.58. The number of nitrogens with zero attached hydrogens (tertiary/aromatic N) is 1. The number of rotatable bonds is 11. The van der Waals surface area contributed by atoms with Gasteiger partial charge in [-0.3, -0.25) is 9.59 Å². The van der Waals surface area contributed by atoms with E-state index in [2.05, 4.69) is 31.8 Å². The van der Waals surface area contributed by atoms with Crippen LogP contribution in [0.4, 0.5) is 5.69 Å². The number of carbonyl (C=O) groups excluding carboxylic acids is 2. The van der Waals surface area contributed by atoms with Gasteiger partial charge >= 0.3 is 0 Å². The highest BCUT2D eigenvalue weighted by Crippen LogP contribution is 2.19. The highest BCUT2D eigenvalue weighted by atomic mass is 79.9. The summed E-state index contributed by atoms with van der Waals surface area (Å²) in [5.74, 6) is 0.775. The molecule has 2 amide bonds. The normalized spacial score (nSPS) is 10.6. The van der Waals surface area contributed by atoms with Crippen LogP contribution in [0.15, 0.2) is 82.4 Å². The zero-order valence-corrected chi connectivity index (χ0v) is 20.4. The molecule has 0 heterocycles. The molecule has 0 aromatic heterocycles. The summed E-state index contributed by atoms with van der Waals surface area (Å²) in [7, 11) is 0. The number of hydrazone groups is 1. The third-order valence-electron chi connectivity index (χ3n) is 4.65. The summed E-state index contributed by atoms with van der Waals surface area (Å²) in [4.78, 5) is 24.2. The maximum Gasteiger partial charge on any atom is 0.240 e. The van der Waals surface area contributed by atoms with Crippen molar-refractivity contribution in [2.45, 2.75) is 26.4 Å². The molecular weight excluding hydrogens is 498 g/mol. The van der Waals surface area contributed by atoms with Gasteiger partial charge in [-0.1, -0.05) is 40.2 Å². The summed E-state index contributed by atoms with van der Waals surface area (Å²) in [6, 6.07) is 22.4. The van der Waals surface area contributed by atoms with Crippen LogP contribution < -0.4 is 20.2 Å². The molecule has 0 unspecified atom stereocenters. The van der Waals surface area contributed by atoms with E-state index in [1.165, 1.54) is 6.21 Å². The van der Waals surface area contributed by atoms with E-state index < -0.39 is 0 Å². The smallest absolute Gasteiger partial charge is 0.240 e. The Morgan fingerprint density at radius 1 is 0.912 bits per heavy atom. The Bertz CT molecular complexity index is 1120. The zero-order valence-electron chi connectivity index (χ0n) is 18.8. The second-order valence-corrected chi connectivity index (χ2v) is 8.17. The highest BCUT2D eigenvalue weighted by molar-refractivity contribution is 9.10. The number of para-hydroxylation sites is 1. The van der Waals surface area contributed by atoms with Crippen molar-refractivity contribution in [3.63, 3.8) is 0 Å². The third kappa shape index (κ3) is 8.37. The minimum absolute atomic E-state index is 0.0158. The standard InChI is InChI=1S/C26H26BrN3O4/c1-2-33-23-13-11-22(12-14-23)29-25(31)15-16-26(32)30-28-17-20-5-3-4-6-24(20)34-18-19-7-9-21(27)10-8-19/h3-14,17H,2,15-16,18H2,1H3,(H,29,31)(H,30,32). The number of halogens is 1. The molecule has 0 atom stereocenters. The molecule has 0 fully saturated rings. The molecule has 8 heteroatoms. The molecule has 0 radical (unpaired) electrons. The van der Waals surface area contributed by atoms with Gasteiger partial charge in [-0.2, -0.15) is 5.10 Å². The van der Waals surface area contributed by atoms with Crippen molar-refractivity contribution in [1.82, 2.24) is 5.43 Å². The number of hydrogen-bond acceptors (Lipinski definition) is 5. The molecule has 3 rings (SSSR count). The van der Waals surface area contributed by atoms with E-state index in [9.17, 15) is 9.59 Å². The SMILES string of the molecule is CCOc1ccc(NC(=O)CCC(=O)NN=Cc2ccccc2OCc2ccc(Br)cc2)cc1. The Morgan fingerprint density at radius 3 is 2.35 bits per heavy atom. The maximum atomic E-state index is 12.1. The van der Waals surface area contributed by atoms with E-state index in [0.29, 0.717) is 24.7 Å². The average molecular weight is 524 g/mol. The van der Waals surface area contributed by atoms with E-state index >= 15 is 0 Å². The van der Waals surface area contributed by atoms with E-state index in [4.69, 9.17) is 9.47 Å². The van der Waals surface area contributed by atoms with Crippen molar-refractivity contribution in [2.75, 3.05) is 11.9 Å². The Balaban J connectivity index is 1.43. The van der Waals surface area contributed by atoms with Crippen molar-refractivity contribution in [2.24, 2.45) is 5.10 Å². The van der Waals surface area contributed by atoms with E-state index in [1.807, 2.05) is 55.5 Å². The number of benzene rings is 3. The van der Waals surface area contributed by atoms with Crippen molar-refractivity contribution in [3.05, 3.63) is 88.4 Å². The Labute approximate surface area is 207 Å². The molecule has 0 spiro atoms. The molecule has 176 valence electrons. The van der Waals surface area contributed by atoms with Gasteiger partial charge in [0.25, 0.3) is 0 Å². The fraction of sp³-hybridized carbons (Fsp3) is 0.192. The molecule has 7 nitrogen and oxygen atoms in total. The van der Waals surface area contributed by atoms with Crippen LogP contribution in [0.25, 0.3) is 0 Å². The largest absolute Gasteiger partial charge is 0.494 e. The molecule has 3 aromatic rings. The molecule has 34 heavy (non-hydrogen) atoms. The number of anilines is 1. The first-order chi connectivity index (χ1) is 16.5. The van der Waals surface area contributed by atoms with Crippen molar-refractivity contribution in [1.29, 1.82) is 0 Å². The van der Waals surface area contributed by atoms with Crippen LogP contribution in [0.1, 0.15) is 30.9 Å². The molecule has 0 saturated carbocycles. The lowest BCUT2D eigenvalue weighted by Crippen LogP contribution is -2.20. The van der Waals surface area contributed by atoms with E-state index in [1.54, 1.807) is 24.3 Å². The molecular formula is C26H26BrN3O4. The van der Waals surface area contributed by atoms with Gasteiger partial charge in [0.1, 0.15) is 18.1 Å². The van der Waals surface area contributed by atoms with Crippen LogP contribution in [-0.2, 0) is 16.2 Å². The second-order valence-electron chi connectivity index (χ2n) is 7.25. The maximum absolute atomic E-state index is 12.1. The van der Waals surface area contributed by atoms with Crippen molar-refractivity contribution < 1.29 is 19.1 Å². The topological polar surface area (TPSA) is 89.0 Å². The minimum atomic E-state index is -0.355. The molecule has 0 bridgehead atoms. The first-order valence-corrected chi connectivity index (χ1v) is 11.6. The lowest BCUT2D eigenvalue weighted by molar-refractivity contribution is -0.124. The summed E-state index contributed by atoms with van der Waals surface area (Å²) >= 11 is 3.41. The highest BCUT2D eigenvalue weighted by Gasteiger charge is 2.07. The van der Waals surface area contributed by atoms with Crippen LogP contribution in [0.2, 0.25) is 0 Å². The summed E-state index contributed by atoms with van der Waals surface area (Å²) in [5.41, 5.74) is 4.86. The van der Waals surface area contributed by atoms with Crippen LogP contribution in [-0.4, -0.2) is 24.6 Å². The van der Waals surface area contributed by atoms with Gasteiger partial charge in [-0.05, 0) is 61.0 Å². The molecule has 3 aromatic carbocycles. The first-order valence-electron chi connectivity index (χ1n) is 10.8. The van der Waals surface area contributed by atoms with Crippen molar-refractivity contribution >= 4 is 39.6 Å². The van der Waals surface area contributed by atoms with E-state index in [0.717, 1.165) is 21.3 Å². The van der Waals surface area contributed by atoms with Gasteiger partial charge in [0.05, 0.1) is 12.8 Å². The molecule has 0 aliphatic carbocycles. The Kier molecular flexibility index (Phi) is 9.66. The van der Waals surface area contributed by atoms with Gasteiger partial charge in [0, 0.05) is 28.6 Å². The van der Waals surface area contributed by atoms with Crippen LogP contribution in [0.3, 0.4) is 0 Å². The van der Waals surface area contributed by atoms with Gasteiger partial charge < -0.3 is 14.8 Å².